The number of halogens is 2. The molecule has 0 fully saturated rings. The first kappa shape index (κ1) is 23.3. The Morgan fingerprint density at radius 3 is 2.35 bits per heavy atom. The molecule has 0 aliphatic carbocycles. The number of carbonyl (C=O) groups excluding carboxylic acids is 2. The highest BCUT2D eigenvalue weighted by atomic mass is 19.1. The van der Waals surface area contributed by atoms with Crippen LogP contribution in [0.5, 0.6) is 5.75 Å². The molecule has 174 valence electrons. The molecule has 0 unspecified atom stereocenters. The molecule has 0 atom stereocenters. The molecule has 7 heteroatoms. The van der Waals surface area contributed by atoms with Crippen LogP contribution in [-0.4, -0.2) is 30.1 Å². The third-order valence-electron chi connectivity index (χ3n) is 5.67. The van der Waals surface area contributed by atoms with E-state index in [2.05, 4.69) is 5.32 Å². The average Bonchev–Trinajstić information content (AvgIpc) is 2.78. The number of fused-ring (bicyclic) bond motifs is 1. The largest absolute Gasteiger partial charge is 0.497 e. The molecule has 5 nitrogen and oxygen atoms in total. The van der Waals surface area contributed by atoms with Gasteiger partial charge in [0.1, 0.15) is 22.9 Å². The number of methoxy groups -OCH3 is 1. The Hall–Kier alpha value is -3.87. The zero-order valence-corrected chi connectivity index (χ0v) is 19.1. The van der Waals surface area contributed by atoms with Crippen LogP contribution in [0.4, 0.5) is 14.5 Å². The van der Waals surface area contributed by atoms with Crippen LogP contribution in [0.1, 0.15) is 52.1 Å². The number of carbonyl (C=O) groups is 2. The van der Waals surface area contributed by atoms with Crippen molar-refractivity contribution in [3.63, 3.8) is 0 Å². The van der Waals surface area contributed by atoms with Gasteiger partial charge in [-0.1, -0.05) is 12.1 Å². The van der Waals surface area contributed by atoms with Gasteiger partial charge < -0.3 is 10.1 Å². The van der Waals surface area contributed by atoms with Gasteiger partial charge in [0.2, 0.25) is 0 Å². The summed E-state index contributed by atoms with van der Waals surface area (Å²) < 4.78 is 33.0. The smallest absolute Gasteiger partial charge is 0.261 e. The molecule has 34 heavy (non-hydrogen) atoms. The molecule has 1 aliphatic rings. The van der Waals surface area contributed by atoms with E-state index in [1.54, 1.807) is 19.2 Å². The maximum absolute atomic E-state index is 13.8. The Morgan fingerprint density at radius 1 is 1.03 bits per heavy atom. The van der Waals surface area contributed by atoms with Crippen LogP contribution in [0.2, 0.25) is 0 Å². The number of ether oxygens (including phenoxy) is 1. The molecule has 1 N–H and O–H groups in total. The molecular weight excluding hydrogens is 438 g/mol. The maximum Gasteiger partial charge on any atom is 0.261 e. The Balaban J connectivity index is 1.51. The molecule has 3 aromatic rings. The Labute approximate surface area is 196 Å². The number of rotatable bonds is 6. The highest BCUT2D eigenvalue weighted by Crippen LogP contribution is 2.31. The van der Waals surface area contributed by atoms with Gasteiger partial charge in [-0.2, -0.15) is 0 Å². The van der Waals surface area contributed by atoms with Gasteiger partial charge in [-0.15, -0.1) is 0 Å². The number of aliphatic imine (C=N–C) groups is 1. The van der Waals surface area contributed by atoms with Crippen LogP contribution in [0.15, 0.2) is 65.7 Å². The summed E-state index contributed by atoms with van der Waals surface area (Å²) >= 11 is 0. The van der Waals surface area contributed by atoms with E-state index in [0.29, 0.717) is 22.7 Å². The molecule has 0 saturated carbocycles. The minimum atomic E-state index is -0.947. The van der Waals surface area contributed by atoms with Crippen molar-refractivity contribution in [1.82, 2.24) is 0 Å². The van der Waals surface area contributed by atoms with Crippen LogP contribution in [0, 0.1) is 11.6 Å². The monoisotopic (exact) mass is 462 g/mol. The van der Waals surface area contributed by atoms with Crippen molar-refractivity contribution in [1.29, 1.82) is 0 Å². The van der Waals surface area contributed by atoms with Crippen molar-refractivity contribution in [2.24, 2.45) is 4.99 Å². The SMILES string of the molecule is COc1ccc2c(c1)C(CC(=O)c1ccc(NC(=O)c3c(F)cccc3F)cc1)=NC(C)(C)C2. The quantitative estimate of drug-likeness (QED) is 0.484. The highest BCUT2D eigenvalue weighted by molar-refractivity contribution is 6.17. The van der Waals surface area contributed by atoms with Gasteiger partial charge in [0, 0.05) is 16.8 Å². The number of benzene rings is 3. The predicted octanol–water partition coefficient (Wildman–Crippen LogP) is 5.62. The number of anilines is 1. The molecule has 0 bridgehead atoms. The van der Waals surface area contributed by atoms with Crippen molar-refractivity contribution in [3.05, 3.63) is 94.6 Å². The van der Waals surface area contributed by atoms with Gasteiger partial charge in [-0.3, -0.25) is 14.6 Å². The molecule has 0 saturated heterocycles. The van der Waals surface area contributed by atoms with Crippen LogP contribution in [0.25, 0.3) is 0 Å². The molecule has 0 aromatic heterocycles. The molecule has 1 aliphatic heterocycles. The van der Waals surface area contributed by atoms with E-state index in [1.807, 2.05) is 32.0 Å². The minimum absolute atomic E-state index is 0.107. The van der Waals surface area contributed by atoms with Gasteiger partial charge in [0.05, 0.1) is 24.8 Å². The number of hydrogen-bond donors (Lipinski definition) is 1. The minimum Gasteiger partial charge on any atom is -0.497 e. The van der Waals surface area contributed by atoms with E-state index < -0.39 is 23.1 Å². The first-order valence-corrected chi connectivity index (χ1v) is 10.8. The molecular formula is C27H24F2N2O3. The third kappa shape index (κ3) is 4.88. The number of nitrogens with zero attached hydrogens (tertiary/aromatic N) is 1. The summed E-state index contributed by atoms with van der Waals surface area (Å²) in [5, 5.41) is 2.46. The van der Waals surface area contributed by atoms with Crippen molar-refractivity contribution < 1.29 is 23.1 Å². The molecule has 1 amide bonds. The van der Waals surface area contributed by atoms with Crippen LogP contribution in [0.3, 0.4) is 0 Å². The van der Waals surface area contributed by atoms with Gasteiger partial charge in [-0.25, -0.2) is 8.78 Å². The predicted molar refractivity (Wildman–Crippen MR) is 127 cm³/mol. The summed E-state index contributed by atoms with van der Waals surface area (Å²) in [6, 6.07) is 15.2. The fourth-order valence-corrected chi connectivity index (χ4v) is 4.07. The van der Waals surface area contributed by atoms with Crippen LogP contribution in [-0.2, 0) is 6.42 Å². The molecule has 4 rings (SSSR count). The number of ketones is 1. The van der Waals surface area contributed by atoms with E-state index in [0.717, 1.165) is 29.7 Å². The topological polar surface area (TPSA) is 67.8 Å². The molecule has 1 heterocycles. The highest BCUT2D eigenvalue weighted by Gasteiger charge is 2.28. The molecule has 3 aromatic carbocycles. The number of amides is 1. The zero-order valence-electron chi connectivity index (χ0n) is 19.1. The summed E-state index contributed by atoms with van der Waals surface area (Å²) in [4.78, 5) is 30.1. The van der Waals surface area contributed by atoms with Crippen molar-refractivity contribution >= 4 is 23.1 Å². The first-order chi connectivity index (χ1) is 16.2. The van der Waals surface area contributed by atoms with E-state index >= 15 is 0 Å². The lowest BCUT2D eigenvalue weighted by atomic mass is 9.85. The van der Waals surface area contributed by atoms with Crippen molar-refractivity contribution in [2.45, 2.75) is 32.2 Å². The molecule has 0 spiro atoms. The van der Waals surface area contributed by atoms with Crippen LogP contribution >= 0.6 is 0 Å². The fraction of sp³-hybridized carbons (Fsp3) is 0.222. The zero-order chi connectivity index (χ0) is 24.5. The summed E-state index contributed by atoms with van der Waals surface area (Å²) in [5.74, 6) is -2.23. The fourth-order valence-electron chi connectivity index (χ4n) is 4.07. The third-order valence-corrected chi connectivity index (χ3v) is 5.67. The standard InChI is InChI=1S/C27H24F2N2O3/c1-27(2)15-17-9-12-19(34-3)13-20(17)23(31-27)14-24(32)16-7-10-18(11-8-16)30-26(33)25-21(28)5-4-6-22(25)29/h4-13H,14-15H2,1-3H3,(H,30,33). The maximum atomic E-state index is 13.8. The summed E-state index contributed by atoms with van der Waals surface area (Å²) in [6.07, 6.45) is 0.872. The van der Waals surface area contributed by atoms with Gasteiger partial charge >= 0.3 is 0 Å². The van der Waals surface area contributed by atoms with E-state index in [9.17, 15) is 18.4 Å². The van der Waals surface area contributed by atoms with E-state index in [4.69, 9.17) is 9.73 Å². The number of Topliss-reactive ketones (excluding diaryl/α,β-unsaturated/α-hetero) is 1. The first-order valence-electron chi connectivity index (χ1n) is 10.8. The second-order valence-corrected chi connectivity index (χ2v) is 8.80. The van der Waals surface area contributed by atoms with Crippen LogP contribution < -0.4 is 10.1 Å². The van der Waals surface area contributed by atoms with Gasteiger partial charge in [0.25, 0.3) is 5.91 Å². The second-order valence-electron chi connectivity index (χ2n) is 8.80. The number of hydrogen-bond acceptors (Lipinski definition) is 4. The number of nitrogens with one attached hydrogen (secondary N) is 1. The van der Waals surface area contributed by atoms with Crippen molar-refractivity contribution in [2.75, 3.05) is 12.4 Å². The lowest BCUT2D eigenvalue weighted by Gasteiger charge is -2.29. The van der Waals surface area contributed by atoms with Gasteiger partial charge in [0.15, 0.2) is 5.78 Å². The lowest BCUT2D eigenvalue weighted by molar-refractivity contribution is 0.0997. The normalized spacial score (nSPS) is 14.1. The summed E-state index contributed by atoms with van der Waals surface area (Å²) in [5.41, 5.74) is 2.48. The Morgan fingerprint density at radius 2 is 1.71 bits per heavy atom. The summed E-state index contributed by atoms with van der Waals surface area (Å²) in [6.45, 7) is 4.06. The molecule has 0 radical (unpaired) electrons. The van der Waals surface area contributed by atoms with E-state index in [-0.39, 0.29) is 17.7 Å². The summed E-state index contributed by atoms with van der Waals surface area (Å²) in [7, 11) is 1.59. The van der Waals surface area contributed by atoms with Gasteiger partial charge in [-0.05, 0) is 74.4 Å². The van der Waals surface area contributed by atoms with Crippen molar-refractivity contribution in [3.8, 4) is 5.75 Å². The average molecular weight is 462 g/mol. The Bertz CT molecular complexity index is 1280. The lowest BCUT2D eigenvalue weighted by Crippen LogP contribution is -2.30. The Kier molecular flexibility index (Phi) is 6.28. The van der Waals surface area contributed by atoms with E-state index in [1.165, 1.54) is 18.2 Å². The second kappa shape index (κ2) is 9.17.